The highest BCUT2D eigenvalue weighted by atomic mass is 16.5. The third-order valence-corrected chi connectivity index (χ3v) is 1.38. The summed E-state index contributed by atoms with van der Waals surface area (Å²) < 4.78 is 4.63. The lowest BCUT2D eigenvalue weighted by Gasteiger charge is -1.99. The van der Waals surface area contributed by atoms with Crippen LogP contribution in [0.25, 0.3) is 0 Å². The predicted octanol–water partition coefficient (Wildman–Crippen LogP) is 1.28. The number of esters is 1. The quantitative estimate of drug-likeness (QED) is 0.749. The Hall–Kier alpha value is -1.65. The van der Waals surface area contributed by atoms with Gasteiger partial charge in [-0.1, -0.05) is 13.8 Å². The Labute approximate surface area is 88.5 Å². The molecule has 1 rings (SSSR count). The van der Waals surface area contributed by atoms with Crippen molar-refractivity contribution in [2.24, 2.45) is 0 Å². The number of nitrogens with one attached hydrogen (secondary N) is 1. The van der Waals surface area contributed by atoms with Gasteiger partial charge in [0.1, 0.15) is 0 Å². The number of aromatic nitrogens is 2. The minimum atomic E-state index is -0.691. The highest BCUT2D eigenvalue weighted by Crippen LogP contribution is 1.91. The molecule has 0 radical (unpaired) electrons. The normalized spacial score (nSPS) is 8.80. The SMILES string of the molecule is CC.CCOC(=O)c1ncc(C)[nH]c1=O. The predicted molar refractivity (Wildman–Crippen MR) is 56.9 cm³/mol. The first-order chi connectivity index (χ1) is 7.15. The molecule has 84 valence electrons. The summed E-state index contributed by atoms with van der Waals surface area (Å²) in [4.78, 5) is 28.3. The summed E-state index contributed by atoms with van der Waals surface area (Å²) in [7, 11) is 0. The molecule has 0 aromatic carbocycles. The van der Waals surface area contributed by atoms with Gasteiger partial charge in [-0.15, -0.1) is 0 Å². The zero-order valence-corrected chi connectivity index (χ0v) is 9.46. The third-order valence-electron chi connectivity index (χ3n) is 1.38. The summed E-state index contributed by atoms with van der Waals surface area (Å²) in [5.74, 6) is -0.691. The van der Waals surface area contributed by atoms with E-state index in [1.165, 1.54) is 6.20 Å². The first kappa shape index (κ1) is 13.4. The lowest BCUT2D eigenvalue weighted by atomic mass is 10.4. The van der Waals surface area contributed by atoms with E-state index in [0.717, 1.165) is 0 Å². The van der Waals surface area contributed by atoms with Gasteiger partial charge >= 0.3 is 5.97 Å². The molecule has 1 N–H and O–H groups in total. The summed E-state index contributed by atoms with van der Waals surface area (Å²) >= 11 is 0. The second-order valence-electron chi connectivity index (χ2n) is 2.46. The molecule has 1 heterocycles. The molecular formula is C10H16N2O3. The highest BCUT2D eigenvalue weighted by molar-refractivity contribution is 5.86. The van der Waals surface area contributed by atoms with E-state index in [-0.39, 0.29) is 12.3 Å². The van der Waals surface area contributed by atoms with Crippen LogP contribution in [-0.4, -0.2) is 22.5 Å². The lowest BCUT2D eigenvalue weighted by molar-refractivity contribution is 0.0517. The van der Waals surface area contributed by atoms with Crippen molar-refractivity contribution in [3.05, 3.63) is 27.9 Å². The van der Waals surface area contributed by atoms with E-state index in [4.69, 9.17) is 0 Å². The molecule has 1 aromatic rings. The van der Waals surface area contributed by atoms with E-state index in [1.807, 2.05) is 13.8 Å². The molecule has 5 heteroatoms. The third kappa shape index (κ3) is 3.93. The zero-order valence-electron chi connectivity index (χ0n) is 9.46. The Bertz CT molecular complexity index is 371. The van der Waals surface area contributed by atoms with E-state index < -0.39 is 11.5 Å². The van der Waals surface area contributed by atoms with Crippen molar-refractivity contribution in [1.29, 1.82) is 0 Å². The van der Waals surface area contributed by atoms with Crippen LogP contribution in [0.2, 0.25) is 0 Å². The Morgan fingerprint density at radius 1 is 1.53 bits per heavy atom. The van der Waals surface area contributed by atoms with Gasteiger partial charge in [0.05, 0.1) is 6.61 Å². The van der Waals surface area contributed by atoms with Gasteiger partial charge in [0.15, 0.2) is 0 Å². The van der Waals surface area contributed by atoms with Crippen LogP contribution in [-0.2, 0) is 4.74 Å². The number of hydrogen-bond acceptors (Lipinski definition) is 4. The van der Waals surface area contributed by atoms with Crippen molar-refractivity contribution in [2.45, 2.75) is 27.7 Å². The number of carbonyl (C=O) groups excluding carboxylic acids is 1. The molecule has 0 aliphatic heterocycles. The molecule has 1 aromatic heterocycles. The van der Waals surface area contributed by atoms with Crippen molar-refractivity contribution in [1.82, 2.24) is 9.97 Å². The van der Waals surface area contributed by atoms with Crippen LogP contribution < -0.4 is 5.56 Å². The van der Waals surface area contributed by atoms with Crippen molar-refractivity contribution in [3.8, 4) is 0 Å². The number of carbonyl (C=O) groups is 1. The average Bonchev–Trinajstić information content (AvgIpc) is 2.21. The van der Waals surface area contributed by atoms with Gasteiger partial charge < -0.3 is 9.72 Å². The first-order valence-corrected chi connectivity index (χ1v) is 4.88. The van der Waals surface area contributed by atoms with Crippen LogP contribution >= 0.6 is 0 Å². The monoisotopic (exact) mass is 212 g/mol. The largest absolute Gasteiger partial charge is 0.461 e. The smallest absolute Gasteiger partial charge is 0.362 e. The number of aryl methyl sites for hydroxylation is 1. The number of ether oxygens (including phenoxy) is 1. The molecule has 0 amide bonds. The molecule has 0 unspecified atom stereocenters. The van der Waals surface area contributed by atoms with Crippen LogP contribution in [0.1, 0.15) is 37.0 Å². The summed E-state index contributed by atoms with van der Waals surface area (Å²) in [6.07, 6.45) is 1.41. The molecule has 0 bridgehead atoms. The van der Waals surface area contributed by atoms with Crippen molar-refractivity contribution in [3.63, 3.8) is 0 Å². The van der Waals surface area contributed by atoms with E-state index in [9.17, 15) is 9.59 Å². The Morgan fingerprint density at radius 2 is 2.13 bits per heavy atom. The number of hydrogen-bond donors (Lipinski definition) is 1. The maximum Gasteiger partial charge on any atom is 0.362 e. The molecule has 0 saturated carbocycles. The Balaban J connectivity index is 0.000000921. The van der Waals surface area contributed by atoms with Crippen molar-refractivity contribution >= 4 is 5.97 Å². The maximum atomic E-state index is 11.1. The number of aromatic amines is 1. The van der Waals surface area contributed by atoms with Gasteiger partial charge in [-0.25, -0.2) is 9.78 Å². The molecule has 15 heavy (non-hydrogen) atoms. The summed E-state index contributed by atoms with van der Waals surface area (Å²) in [5.41, 5.74) is -0.107. The van der Waals surface area contributed by atoms with E-state index in [0.29, 0.717) is 5.69 Å². The fraction of sp³-hybridized carbons (Fsp3) is 0.500. The van der Waals surface area contributed by atoms with Crippen LogP contribution in [0.3, 0.4) is 0 Å². The van der Waals surface area contributed by atoms with Gasteiger partial charge in [-0.2, -0.15) is 0 Å². The molecule has 0 fully saturated rings. The van der Waals surface area contributed by atoms with Gasteiger partial charge in [-0.05, 0) is 13.8 Å². The fourth-order valence-electron chi connectivity index (χ4n) is 0.835. The van der Waals surface area contributed by atoms with Crippen molar-refractivity contribution < 1.29 is 9.53 Å². The van der Waals surface area contributed by atoms with Gasteiger partial charge in [0.25, 0.3) is 5.56 Å². The van der Waals surface area contributed by atoms with E-state index in [2.05, 4.69) is 14.7 Å². The fourth-order valence-corrected chi connectivity index (χ4v) is 0.835. The van der Waals surface area contributed by atoms with E-state index >= 15 is 0 Å². The van der Waals surface area contributed by atoms with E-state index in [1.54, 1.807) is 13.8 Å². The second-order valence-corrected chi connectivity index (χ2v) is 2.46. The summed E-state index contributed by atoms with van der Waals surface area (Å²) in [6, 6.07) is 0. The van der Waals surface area contributed by atoms with Gasteiger partial charge in [0.2, 0.25) is 5.69 Å². The van der Waals surface area contributed by atoms with Gasteiger partial charge in [-0.3, -0.25) is 4.79 Å². The standard InChI is InChI=1S/C8H10N2O3.C2H6/c1-3-13-8(12)6-7(11)10-5(2)4-9-6;1-2/h4H,3H2,1-2H3,(H,10,11);1-2H3. The molecule has 0 aliphatic rings. The zero-order chi connectivity index (χ0) is 11.8. The minimum Gasteiger partial charge on any atom is -0.461 e. The van der Waals surface area contributed by atoms with Crippen LogP contribution in [0, 0.1) is 6.92 Å². The number of rotatable bonds is 2. The van der Waals surface area contributed by atoms with Crippen LogP contribution in [0.5, 0.6) is 0 Å². The Kier molecular flexibility index (Phi) is 6.01. The molecule has 0 spiro atoms. The Morgan fingerprint density at radius 3 is 2.60 bits per heavy atom. The summed E-state index contributed by atoms with van der Waals surface area (Å²) in [6.45, 7) is 7.58. The number of nitrogens with zero attached hydrogens (tertiary/aromatic N) is 1. The molecule has 0 aliphatic carbocycles. The molecule has 0 atom stereocenters. The summed E-state index contributed by atoms with van der Waals surface area (Å²) in [5, 5.41) is 0. The first-order valence-electron chi connectivity index (χ1n) is 4.88. The second kappa shape index (κ2) is 6.75. The maximum absolute atomic E-state index is 11.1. The highest BCUT2D eigenvalue weighted by Gasteiger charge is 2.12. The van der Waals surface area contributed by atoms with Crippen LogP contribution in [0.4, 0.5) is 0 Å². The molecule has 0 saturated heterocycles. The molecule has 5 nitrogen and oxygen atoms in total. The van der Waals surface area contributed by atoms with Crippen molar-refractivity contribution in [2.75, 3.05) is 6.61 Å². The topological polar surface area (TPSA) is 72.0 Å². The van der Waals surface area contributed by atoms with Crippen LogP contribution in [0.15, 0.2) is 11.0 Å². The van der Waals surface area contributed by atoms with Gasteiger partial charge in [0, 0.05) is 11.9 Å². The number of H-pyrrole nitrogens is 1. The molecular weight excluding hydrogens is 196 g/mol. The average molecular weight is 212 g/mol. The lowest BCUT2D eigenvalue weighted by Crippen LogP contribution is -2.22. The minimum absolute atomic E-state index is 0.201.